The van der Waals surface area contributed by atoms with Crippen molar-refractivity contribution in [1.82, 2.24) is 20.4 Å². The number of imide groups is 1. The van der Waals surface area contributed by atoms with Crippen LogP contribution >= 0.6 is 0 Å². The first kappa shape index (κ1) is 12.5. The Hall–Kier alpha value is -1.92. The van der Waals surface area contributed by atoms with Crippen molar-refractivity contribution in [2.45, 2.75) is 33.2 Å². The standard InChI is InChI=1S/C11H16N4O3/c1-7(2)5-9-13-8(14-18-9)6-15-10(16)3-4-12-11(15)17/h7H,3-6H2,1-2H3,(H,12,17). The average Bonchev–Trinajstić information content (AvgIpc) is 2.70. The van der Waals surface area contributed by atoms with Crippen molar-refractivity contribution in [3.63, 3.8) is 0 Å². The minimum atomic E-state index is -0.401. The van der Waals surface area contributed by atoms with Crippen LogP contribution in [0, 0.1) is 5.92 Å². The normalized spacial score (nSPS) is 16.3. The molecule has 7 heteroatoms. The van der Waals surface area contributed by atoms with Gasteiger partial charge in [-0.2, -0.15) is 4.98 Å². The molecule has 2 heterocycles. The maximum atomic E-state index is 11.6. The third-order valence-corrected chi connectivity index (χ3v) is 2.55. The van der Waals surface area contributed by atoms with Crippen LogP contribution < -0.4 is 5.32 Å². The molecule has 0 unspecified atom stereocenters. The molecule has 1 aliphatic heterocycles. The van der Waals surface area contributed by atoms with E-state index in [1.54, 1.807) is 0 Å². The van der Waals surface area contributed by atoms with E-state index in [1.165, 1.54) is 0 Å². The third-order valence-electron chi connectivity index (χ3n) is 2.55. The van der Waals surface area contributed by atoms with Crippen LogP contribution in [0.1, 0.15) is 32.0 Å². The number of carbonyl (C=O) groups excluding carboxylic acids is 2. The van der Waals surface area contributed by atoms with Gasteiger partial charge < -0.3 is 9.84 Å². The van der Waals surface area contributed by atoms with E-state index in [4.69, 9.17) is 4.52 Å². The van der Waals surface area contributed by atoms with Crippen LogP contribution in [0.15, 0.2) is 4.52 Å². The number of rotatable bonds is 4. The van der Waals surface area contributed by atoms with Crippen LogP contribution in [-0.2, 0) is 17.8 Å². The maximum absolute atomic E-state index is 11.6. The Balaban J connectivity index is 2.02. The predicted octanol–water partition coefficient (Wildman–Crippen LogP) is 0.710. The van der Waals surface area contributed by atoms with Gasteiger partial charge in [-0.15, -0.1) is 0 Å². The zero-order valence-corrected chi connectivity index (χ0v) is 10.5. The molecule has 0 aromatic carbocycles. The summed E-state index contributed by atoms with van der Waals surface area (Å²) in [6.45, 7) is 4.54. The highest BCUT2D eigenvalue weighted by atomic mass is 16.5. The molecule has 98 valence electrons. The van der Waals surface area contributed by atoms with Crippen LogP contribution in [0.25, 0.3) is 0 Å². The summed E-state index contributed by atoms with van der Waals surface area (Å²) in [5.74, 6) is 1.09. The number of nitrogens with one attached hydrogen (secondary N) is 1. The molecule has 0 saturated carbocycles. The maximum Gasteiger partial charge on any atom is 0.324 e. The quantitative estimate of drug-likeness (QED) is 0.852. The Kier molecular flexibility index (Phi) is 3.59. The molecular weight excluding hydrogens is 236 g/mol. The number of aromatic nitrogens is 2. The molecule has 0 aliphatic carbocycles. The van der Waals surface area contributed by atoms with E-state index in [-0.39, 0.29) is 12.5 Å². The van der Waals surface area contributed by atoms with Crippen LogP contribution in [0.3, 0.4) is 0 Å². The SMILES string of the molecule is CC(C)Cc1nc(CN2C(=O)CCNC2=O)no1. The van der Waals surface area contributed by atoms with Crippen molar-refractivity contribution in [2.75, 3.05) is 6.54 Å². The molecule has 3 amide bonds. The van der Waals surface area contributed by atoms with E-state index in [1.807, 2.05) is 13.8 Å². The Morgan fingerprint density at radius 1 is 1.44 bits per heavy atom. The molecule has 0 atom stereocenters. The lowest BCUT2D eigenvalue weighted by atomic mass is 10.1. The molecule has 1 aromatic heterocycles. The summed E-state index contributed by atoms with van der Waals surface area (Å²) in [6, 6.07) is -0.401. The summed E-state index contributed by atoms with van der Waals surface area (Å²) in [5.41, 5.74) is 0. The van der Waals surface area contributed by atoms with E-state index in [0.717, 1.165) is 4.90 Å². The fraction of sp³-hybridized carbons (Fsp3) is 0.636. The summed E-state index contributed by atoms with van der Waals surface area (Å²) in [5, 5.41) is 6.37. The van der Waals surface area contributed by atoms with Crippen LogP contribution in [0.2, 0.25) is 0 Å². The highest BCUT2D eigenvalue weighted by Crippen LogP contribution is 2.09. The van der Waals surface area contributed by atoms with Crippen molar-refractivity contribution in [3.8, 4) is 0 Å². The van der Waals surface area contributed by atoms with Crippen molar-refractivity contribution >= 4 is 11.9 Å². The van der Waals surface area contributed by atoms with Gasteiger partial charge in [0, 0.05) is 19.4 Å². The zero-order chi connectivity index (χ0) is 13.1. The molecule has 18 heavy (non-hydrogen) atoms. The second kappa shape index (κ2) is 5.16. The number of hydrogen-bond donors (Lipinski definition) is 1. The lowest BCUT2D eigenvalue weighted by molar-refractivity contribution is -0.129. The Bertz CT molecular complexity index is 439. The van der Waals surface area contributed by atoms with Crippen LogP contribution in [0.4, 0.5) is 4.79 Å². The molecule has 1 aromatic rings. The lowest BCUT2D eigenvalue weighted by Crippen LogP contribution is -2.49. The van der Waals surface area contributed by atoms with Crippen LogP contribution in [0.5, 0.6) is 0 Å². The zero-order valence-electron chi connectivity index (χ0n) is 10.5. The van der Waals surface area contributed by atoms with Gasteiger partial charge in [-0.3, -0.25) is 9.69 Å². The number of hydrogen-bond acceptors (Lipinski definition) is 5. The Morgan fingerprint density at radius 2 is 2.22 bits per heavy atom. The summed E-state index contributed by atoms with van der Waals surface area (Å²) in [6.07, 6.45) is 0.996. The van der Waals surface area contributed by atoms with Gasteiger partial charge in [-0.25, -0.2) is 4.79 Å². The second-order valence-electron chi connectivity index (χ2n) is 4.66. The lowest BCUT2D eigenvalue weighted by Gasteiger charge is -2.24. The number of carbonyl (C=O) groups is 2. The van der Waals surface area contributed by atoms with Crippen LogP contribution in [-0.4, -0.2) is 33.5 Å². The molecule has 0 spiro atoms. The van der Waals surface area contributed by atoms with Gasteiger partial charge in [-0.05, 0) is 5.92 Å². The predicted molar refractivity (Wildman–Crippen MR) is 61.4 cm³/mol. The Morgan fingerprint density at radius 3 is 2.89 bits per heavy atom. The van der Waals surface area contributed by atoms with E-state index in [0.29, 0.717) is 37.0 Å². The Labute approximate surface area is 105 Å². The minimum absolute atomic E-state index is 0.0618. The van der Waals surface area contributed by atoms with E-state index < -0.39 is 6.03 Å². The van der Waals surface area contributed by atoms with Crippen molar-refractivity contribution in [1.29, 1.82) is 0 Å². The van der Waals surface area contributed by atoms with Crippen molar-refractivity contribution in [3.05, 3.63) is 11.7 Å². The topological polar surface area (TPSA) is 88.3 Å². The molecule has 1 aliphatic rings. The van der Waals surface area contributed by atoms with E-state index in [9.17, 15) is 9.59 Å². The van der Waals surface area contributed by atoms with Gasteiger partial charge in [-0.1, -0.05) is 19.0 Å². The molecular formula is C11H16N4O3. The molecule has 1 fully saturated rings. The van der Waals surface area contributed by atoms with E-state index in [2.05, 4.69) is 15.5 Å². The highest BCUT2D eigenvalue weighted by molar-refractivity contribution is 5.96. The van der Waals surface area contributed by atoms with E-state index >= 15 is 0 Å². The first-order chi connectivity index (χ1) is 8.56. The van der Waals surface area contributed by atoms with Gasteiger partial charge in [0.1, 0.15) is 0 Å². The summed E-state index contributed by atoms with van der Waals surface area (Å²) < 4.78 is 5.06. The number of urea groups is 1. The largest absolute Gasteiger partial charge is 0.339 e. The van der Waals surface area contributed by atoms with Gasteiger partial charge in [0.15, 0.2) is 5.82 Å². The first-order valence-corrected chi connectivity index (χ1v) is 5.96. The third kappa shape index (κ3) is 2.85. The molecule has 2 rings (SSSR count). The van der Waals surface area contributed by atoms with Gasteiger partial charge in [0.05, 0.1) is 6.54 Å². The summed E-state index contributed by atoms with van der Waals surface area (Å²) in [7, 11) is 0. The second-order valence-corrected chi connectivity index (χ2v) is 4.66. The van der Waals surface area contributed by atoms with Crippen molar-refractivity contribution < 1.29 is 14.1 Å². The summed E-state index contributed by atoms with van der Waals surface area (Å²) >= 11 is 0. The minimum Gasteiger partial charge on any atom is -0.339 e. The van der Waals surface area contributed by atoms with Gasteiger partial charge in [0.2, 0.25) is 11.8 Å². The fourth-order valence-corrected chi connectivity index (χ4v) is 1.71. The number of nitrogens with zero attached hydrogens (tertiary/aromatic N) is 3. The van der Waals surface area contributed by atoms with Gasteiger partial charge >= 0.3 is 6.03 Å². The van der Waals surface area contributed by atoms with Crippen molar-refractivity contribution in [2.24, 2.45) is 5.92 Å². The highest BCUT2D eigenvalue weighted by Gasteiger charge is 2.27. The fourth-order valence-electron chi connectivity index (χ4n) is 1.71. The molecule has 1 N–H and O–H groups in total. The molecule has 7 nitrogen and oxygen atoms in total. The molecule has 0 radical (unpaired) electrons. The molecule has 1 saturated heterocycles. The first-order valence-electron chi connectivity index (χ1n) is 5.96. The van der Waals surface area contributed by atoms with Gasteiger partial charge in [0.25, 0.3) is 0 Å². The average molecular weight is 252 g/mol. The monoisotopic (exact) mass is 252 g/mol. The smallest absolute Gasteiger partial charge is 0.324 e. The molecule has 0 bridgehead atoms. The summed E-state index contributed by atoms with van der Waals surface area (Å²) in [4.78, 5) is 28.3. The number of amides is 3.